The Morgan fingerprint density at radius 2 is 1.74 bits per heavy atom. The lowest BCUT2D eigenvalue weighted by atomic mass is 9.99. The summed E-state index contributed by atoms with van der Waals surface area (Å²) in [5.41, 5.74) is 2.23. The molecule has 0 spiro atoms. The fraction of sp³-hybridized carbons (Fsp3) is 0.250. The standard InChI is InChI=1S/C16H17ClFN/c1-19-16(10-12-5-7-14(17)8-6-12)11-13-3-2-4-15(18)9-13/h2-9,16,19H,10-11H2,1H3. The molecule has 0 aliphatic carbocycles. The summed E-state index contributed by atoms with van der Waals surface area (Å²) >= 11 is 5.87. The lowest BCUT2D eigenvalue weighted by Gasteiger charge is -2.16. The highest BCUT2D eigenvalue weighted by atomic mass is 35.5. The average Bonchev–Trinajstić information content (AvgIpc) is 2.40. The molecule has 19 heavy (non-hydrogen) atoms. The summed E-state index contributed by atoms with van der Waals surface area (Å²) in [6, 6.07) is 14.9. The number of nitrogens with one attached hydrogen (secondary N) is 1. The first-order chi connectivity index (χ1) is 9.17. The molecule has 0 bridgehead atoms. The molecule has 0 aromatic heterocycles. The number of likely N-dealkylation sites (N-methyl/N-ethyl adjacent to an activating group) is 1. The van der Waals surface area contributed by atoms with Gasteiger partial charge in [-0.2, -0.15) is 0 Å². The Morgan fingerprint density at radius 1 is 1.05 bits per heavy atom. The number of halogens is 2. The predicted molar refractivity (Wildman–Crippen MR) is 78.1 cm³/mol. The summed E-state index contributed by atoms with van der Waals surface area (Å²) in [6.45, 7) is 0. The van der Waals surface area contributed by atoms with Crippen LogP contribution in [0.3, 0.4) is 0 Å². The van der Waals surface area contributed by atoms with Crippen LogP contribution in [-0.2, 0) is 12.8 Å². The van der Waals surface area contributed by atoms with Crippen LogP contribution in [-0.4, -0.2) is 13.1 Å². The van der Waals surface area contributed by atoms with E-state index in [4.69, 9.17) is 11.6 Å². The predicted octanol–water partition coefficient (Wildman–Crippen LogP) is 3.85. The molecule has 0 amide bonds. The molecule has 1 nitrogen and oxygen atoms in total. The molecule has 0 heterocycles. The minimum Gasteiger partial charge on any atom is -0.316 e. The van der Waals surface area contributed by atoms with Gasteiger partial charge in [-0.15, -0.1) is 0 Å². The average molecular weight is 278 g/mol. The molecule has 0 fully saturated rings. The van der Waals surface area contributed by atoms with Crippen molar-refractivity contribution in [2.24, 2.45) is 0 Å². The number of hydrogen-bond acceptors (Lipinski definition) is 1. The Kier molecular flexibility index (Phi) is 4.94. The fourth-order valence-corrected chi connectivity index (χ4v) is 2.26. The maximum atomic E-state index is 13.2. The van der Waals surface area contributed by atoms with Gasteiger partial charge in [0.1, 0.15) is 5.82 Å². The monoisotopic (exact) mass is 277 g/mol. The zero-order valence-corrected chi connectivity index (χ0v) is 11.6. The van der Waals surface area contributed by atoms with E-state index in [0.29, 0.717) is 0 Å². The molecule has 0 aliphatic rings. The SMILES string of the molecule is CNC(Cc1ccc(Cl)cc1)Cc1cccc(F)c1. The van der Waals surface area contributed by atoms with E-state index in [1.165, 1.54) is 11.6 Å². The van der Waals surface area contributed by atoms with Crippen LogP contribution in [0.25, 0.3) is 0 Å². The van der Waals surface area contributed by atoms with Crippen LogP contribution in [0.4, 0.5) is 4.39 Å². The normalized spacial score (nSPS) is 12.4. The molecule has 2 aromatic carbocycles. The van der Waals surface area contributed by atoms with Crippen LogP contribution in [0.1, 0.15) is 11.1 Å². The maximum absolute atomic E-state index is 13.2. The van der Waals surface area contributed by atoms with Gasteiger partial charge in [0.25, 0.3) is 0 Å². The lowest BCUT2D eigenvalue weighted by Crippen LogP contribution is -2.29. The van der Waals surface area contributed by atoms with Crippen molar-refractivity contribution < 1.29 is 4.39 Å². The first kappa shape index (κ1) is 14.0. The highest BCUT2D eigenvalue weighted by molar-refractivity contribution is 6.30. The van der Waals surface area contributed by atoms with Crippen molar-refractivity contribution >= 4 is 11.6 Å². The first-order valence-electron chi connectivity index (χ1n) is 6.33. The van der Waals surface area contributed by atoms with Crippen molar-refractivity contribution in [1.29, 1.82) is 0 Å². The summed E-state index contributed by atoms with van der Waals surface area (Å²) in [4.78, 5) is 0. The molecule has 1 atom stereocenters. The van der Waals surface area contributed by atoms with Gasteiger partial charge < -0.3 is 5.32 Å². The van der Waals surface area contributed by atoms with Crippen molar-refractivity contribution in [3.05, 3.63) is 70.5 Å². The van der Waals surface area contributed by atoms with Crippen LogP contribution < -0.4 is 5.32 Å². The topological polar surface area (TPSA) is 12.0 Å². The molecule has 1 unspecified atom stereocenters. The van der Waals surface area contributed by atoms with Gasteiger partial charge in [0.2, 0.25) is 0 Å². The zero-order chi connectivity index (χ0) is 13.7. The summed E-state index contributed by atoms with van der Waals surface area (Å²) < 4.78 is 13.2. The van der Waals surface area contributed by atoms with Gasteiger partial charge in [0.05, 0.1) is 0 Å². The van der Waals surface area contributed by atoms with E-state index in [2.05, 4.69) is 5.32 Å². The van der Waals surface area contributed by atoms with Gasteiger partial charge in [-0.3, -0.25) is 0 Å². The van der Waals surface area contributed by atoms with Gasteiger partial charge in [-0.05, 0) is 55.3 Å². The summed E-state index contributed by atoms with van der Waals surface area (Å²) in [5, 5.41) is 4.02. The Bertz CT molecular complexity index is 525. The third-order valence-electron chi connectivity index (χ3n) is 3.17. The van der Waals surface area contributed by atoms with Crippen LogP contribution in [0.2, 0.25) is 5.02 Å². The van der Waals surface area contributed by atoms with Crippen molar-refractivity contribution in [2.75, 3.05) is 7.05 Å². The Hall–Kier alpha value is -1.38. The lowest BCUT2D eigenvalue weighted by molar-refractivity contribution is 0.553. The third kappa shape index (κ3) is 4.34. The van der Waals surface area contributed by atoms with E-state index >= 15 is 0 Å². The maximum Gasteiger partial charge on any atom is 0.123 e. The third-order valence-corrected chi connectivity index (χ3v) is 3.43. The molecular weight excluding hydrogens is 261 g/mol. The van der Waals surface area contributed by atoms with Gasteiger partial charge >= 0.3 is 0 Å². The quantitative estimate of drug-likeness (QED) is 0.875. The Morgan fingerprint density at radius 3 is 2.37 bits per heavy atom. The first-order valence-corrected chi connectivity index (χ1v) is 6.71. The molecule has 0 radical (unpaired) electrons. The molecule has 0 aliphatic heterocycles. The van der Waals surface area contributed by atoms with E-state index in [9.17, 15) is 4.39 Å². The summed E-state index contributed by atoms with van der Waals surface area (Å²) in [5.74, 6) is -0.182. The zero-order valence-electron chi connectivity index (χ0n) is 10.9. The number of hydrogen-bond donors (Lipinski definition) is 1. The van der Waals surface area contributed by atoms with Crippen LogP contribution in [0.15, 0.2) is 48.5 Å². The molecule has 0 saturated carbocycles. The Balaban J connectivity index is 2.02. The molecule has 0 saturated heterocycles. The van der Waals surface area contributed by atoms with Gasteiger partial charge in [-0.1, -0.05) is 35.9 Å². The van der Waals surface area contributed by atoms with Crippen molar-refractivity contribution in [3.63, 3.8) is 0 Å². The highest BCUT2D eigenvalue weighted by Crippen LogP contribution is 2.13. The summed E-state index contributed by atoms with van der Waals surface area (Å²) in [7, 11) is 1.93. The number of rotatable bonds is 5. The minimum atomic E-state index is -0.182. The van der Waals surface area contributed by atoms with Gasteiger partial charge in [0, 0.05) is 11.1 Å². The van der Waals surface area contributed by atoms with Crippen molar-refractivity contribution in [2.45, 2.75) is 18.9 Å². The fourth-order valence-electron chi connectivity index (χ4n) is 2.13. The second-order valence-corrected chi connectivity index (χ2v) is 5.09. The van der Waals surface area contributed by atoms with Gasteiger partial charge in [-0.25, -0.2) is 4.39 Å². The molecule has 2 aromatic rings. The largest absolute Gasteiger partial charge is 0.316 e. The molecule has 3 heteroatoms. The van der Waals surface area contributed by atoms with E-state index in [1.807, 2.05) is 37.4 Å². The summed E-state index contributed by atoms with van der Waals surface area (Å²) in [6.07, 6.45) is 1.70. The second-order valence-electron chi connectivity index (χ2n) is 4.65. The molecule has 1 N–H and O–H groups in total. The minimum absolute atomic E-state index is 0.182. The van der Waals surface area contributed by atoms with E-state index in [0.717, 1.165) is 23.4 Å². The van der Waals surface area contributed by atoms with Gasteiger partial charge in [0.15, 0.2) is 0 Å². The van der Waals surface area contributed by atoms with Crippen LogP contribution in [0.5, 0.6) is 0 Å². The molecule has 100 valence electrons. The second kappa shape index (κ2) is 6.69. The molecule has 2 rings (SSSR count). The smallest absolute Gasteiger partial charge is 0.123 e. The Labute approximate surface area is 118 Å². The van der Waals surface area contributed by atoms with E-state index in [1.54, 1.807) is 12.1 Å². The van der Waals surface area contributed by atoms with E-state index < -0.39 is 0 Å². The van der Waals surface area contributed by atoms with Crippen LogP contribution >= 0.6 is 11.6 Å². The van der Waals surface area contributed by atoms with E-state index in [-0.39, 0.29) is 11.9 Å². The van der Waals surface area contributed by atoms with Crippen molar-refractivity contribution in [3.8, 4) is 0 Å². The number of benzene rings is 2. The highest BCUT2D eigenvalue weighted by Gasteiger charge is 2.09. The molecular formula is C16H17ClFN. The van der Waals surface area contributed by atoms with Crippen molar-refractivity contribution in [1.82, 2.24) is 5.32 Å². The van der Waals surface area contributed by atoms with Crippen LogP contribution in [0, 0.1) is 5.82 Å².